The molecule has 0 aliphatic carbocycles. The summed E-state index contributed by atoms with van der Waals surface area (Å²) in [6.07, 6.45) is -1.20. The lowest BCUT2D eigenvalue weighted by atomic mass is 10.3. The van der Waals surface area contributed by atoms with E-state index in [4.69, 9.17) is 0 Å². The van der Waals surface area contributed by atoms with E-state index < -0.39 is 29.8 Å². The summed E-state index contributed by atoms with van der Waals surface area (Å²) in [5, 5.41) is 3.61. The molecule has 23 heavy (non-hydrogen) atoms. The molecule has 0 saturated heterocycles. The number of pyridine rings is 2. The van der Waals surface area contributed by atoms with E-state index in [1.165, 1.54) is 12.4 Å². The molecule has 0 aliphatic heterocycles. The van der Waals surface area contributed by atoms with Crippen LogP contribution < -0.4 is 11.0 Å². The fourth-order valence-electron chi connectivity index (χ4n) is 1.64. The maximum atomic E-state index is 12.6. The van der Waals surface area contributed by atoms with Crippen LogP contribution in [0.5, 0.6) is 0 Å². The lowest BCUT2D eigenvalue weighted by Gasteiger charge is -2.09. The molecule has 6 nitrogen and oxygen atoms in total. The Morgan fingerprint density at radius 1 is 1.30 bits per heavy atom. The van der Waals surface area contributed by atoms with Gasteiger partial charge >= 0.3 is 6.18 Å². The summed E-state index contributed by atoms with van der Waals surface area (Å²) in [5.74, 6) is -0.737. The number of alkyl halides is 3. The van der Waals surface area contributed by atoms with Crippen LogP contribution in [0.15, 0.2) is 52.6 Å². The van der Waals surface area contributed by atoms with E-state index in [0.29, 0.717) is 22.5 Å². The van der Waals surface area contributed by atoms with Crippen LogP contribution in [0.3, 0.4) is 0 Å². The Morgan fingerprint density at radius 3 is 2.74 bits per heavy atom. The van der Waals surface area contributed by atoms with Gasteiger partial charge in [0.25, 0.3) is 11.5 Å². The van der Waals surface area contributed by atoms with Gasteiger partial charge in [-0.3, -0.25) is 14.6 Å². The highest BCUT2D eigenvalue weighted by atomic mass is 19.4. The van der Waals surface area contributed by atoms with Gasteiger partial charge in [0.2, 0.25) is 0 Å². The number of nitrogens with zero attached hydrogens (tertiary/aromatic N) is 3. The van der Waals surface area contributed by atoms with Crippen LogP contribution in [0.25, 0.3) is 0 Å². The lowest BCUT2D eigenvalue weighted by molar-refractivity contribution is -0.138. The van der Waals surface area contributed by atoms with Crippen molar-refractivity contribution in [3.8, 4) is 0 Å². The monoisotopic (exact) mass is 324 g/mol. The molecule has 2 aromatic rings. The molecule has 9 heteroatoms. The first-order chi connectivity index (χ1) is 10.9. The minimum absolute atomic E-state index is 0.490. The van der Waals surface area contributed by atoms with Crippen LogP contribution in [-0.2, 0) is 17.5 Å². The lowest BCUT2D eigenvalue weighted by Crippen LogP contribution is -2.30. The van der Waals surface area contributed by atoms with E-state index in [9.17, 15) is 22.8 Å². The van der Waals surface area contributed by atoms with Gasteiger partial charge in [-0.15, -0.1) is 0 Å². The van der Waals surface area contributed by atoms with Gasteiger partial charge in [0.1, 0.15) is 6.54 Å². The Labute approximate surface area is 128 Å². The first-order valence-corrected chi connectivity index (χ1v) is 6.37. The maximum Gasteiger partial charge on any atom is 0.417 e. The van der Waals surface area contributed by atoms with Crippen LogP contribution in [-0.4, -0.2) is 21.7 Å². The highest BCUT2D eigenvalue weighted by Crippen LogP contribution is 2.27. The molecule has 1 amide bonds. The molecule has 0 radical (unpaired) electrons. The Bertz CT molecular complexity index is 770. The van der Waals surface area contributed by atoms with E-state index in [-0.39, 0.29) is 0 Å². The number of hydrogen-bond donors (Lipinski definition) is 1. The standard InChI is InChI=1S/C14H11F3N4O2/c15-14(16,17)10-4-5-13(23)21(8-10)9-12(22)20-19-7-11-3-1-2-6-18-11/h1-8H,9H2,(H,20,22)/b19-7+. The smallest absolute Gasteiger partial charge is 0.305 e. The molecule has 0 bridgehead atoms. The van der Waals surface area contributed by atoms with E-state index in [2.05, 4.69) is 15.5 Å². The van der Waals surface area contributed by atoms with Crippen LogP contribution in [0, 0.1) is 0 Å². The van der Waals surface area contributed by atoms with Crippen molar-refractivity contribution in [1.29, 1.82) is 0 Å². The van der Waals surface area contributed by atoms with E-state index in [1.807, 2.05) is 0 Å². The summed E-state index contributed by atoms with van der Waals surface area (Å²) in [7, 11) is 0. The van der Waals surface area contributed by atoms with Crippen molar-refractivity contribution in [1.82, 2.24) is 15.0 Å². The van der Waals surface area contributed by atoms with Crippen molar-refractivity contribution in [2.24, 2.45) is 5.10 Å². The summed E-state index contributed by atoms with van der Waals surface area (Å²) < 4.78 is 38.4. The van der Waals surface area contributed by atoms with Crippen LogP contribution in [0.4, 0.5) is 13.2 Å². The predicted molar refractivity (Wildman–Crippen MR) is 75.7 cm³/mol. The highest BCUT2D eigenvalue weighted by molar-refractivity contribution is 5.80. The van der Waals surface area contributed by atoms with Gasteiger partial charge in [-0.1, -0.05) is 6.07 Å². The van der Waals surface area contributed by atoms with E-state index >= 15 is 0 Å². The zero-order chi connectivity index (χ0) is 16.9. The predicted octanol–water partition coefficient (Wildman–Crippen LogP) is 1.41. The minimum atomic E-state index is -4.59. The number of aromatic nitrogens is 2. The molecule has 120 valence electrons. The second-order valence-electron chi connectivity index (χ2n) is 4.43. The van der Waals surface area contributed by atoms with Crippen molar-refractivity contribution in [3.05, 3.63) is 64.3 Å². The van der Waals surface area contributed by atoms with Gasteiger partial charge in [0.05, 0.1) is 17.5 Å². The quantitative estimate of drug-likeness (QED) is 0.682. The molecule has 0 atom stereocenters. The zero-order valence-electron chi connectivity index (χ0n) is 11.6. The topological polar surface area (TPSA) is 76.3 Å². The van der Waals surface area contributed by atoms with E-state index in [0.717, 1.165) is 6.07 Å². The third kappa shape index (κ3) is 4.77. The molecule has 0 saturated carbocycles. The summed E-state index contributed by atoms with van der Waals surface area (Å²) in [5.41, 5.74) is 0.872. The second kappa shape index (κ2) is 6.86. The fourth-order valence-corrected chi connectivity index (χ4v) is 1.64. The van der Waals surface area contributed by atoms with Crippen molar-refractivity contribution in [2.45, 2.75) is 12.7 Å². The highest BCUT2D eigenvalue weighted by Gasteiger charge is 2.31. The van der Waals surface area contributed by atoms with Crippen molar-refractivity contribution >= 4 is 12.1 Å². The van der Waals surface area contributed by atoms with Gasteiger partial charge in [-0.2, -0.15) is 18.3 Å². The summed E-state index contributed by atoms with van der Waals surface area (Å²) in [4.78, 5) is 27.1. The minimum Gasteiger partial charge on any atom is -0.305 e. The van der Waals surface area contributed by atoms with Crippen LogP contribution in [0.2, 0.25) is 0 Å². The number of carbonyl (C=O) groups is 1. The normalized spacial score (nSPS) is 11.6. The average Bonchev–Trinajstić information content (AvgIpc) is 2.49. The molecule has 0 aromatic carbocycles. The number of amides is 1. The molecule has 1 N–H and O–H groups in total. The largest absolute Gasteiger partial charge is 0.417 e. The number of hydrogen-bond acceptors (Lipinski definition) is 4. The Hall–Kier alpha value is -2.97. The first kappa shape index (κ1) is 16.4. The number of nitrogens with one attached hydrogen (secondary N) is 1. The van der Waals surface area contributed by atoms with Crippen molar-refractivity contribution < 1.29 is 18.0 Å². The van der Waals surface area contributed by atoms with Crippen LogP contribution in [0.1, 0.15) is 11.3 Å². The molecule has 2 aromatic heterocycles. The van der Waals surface area contributed by atoms with Crippen molar-refractivity contribution in [2.75, 3.05) is 0 Å². The van der Waals surface area contributed by atoms with Crippen molar-refractivity contribution in [3.63, 3.8) is 0 Å². The zero-order valence-corrected chi connectivity index (χ0v) is 11.6. The SMILES string of the molecule is O=C(Cn1cc(C(F)(F)F)ccc1=O)N/N=C/c1ccccn1. The average molecular weight is 324 g/mol. The molecule has 0 fully saturated rings. The number of rotatable bonds is 4. The number of carbonyl (C=O) groups excluding carboxylic acids is 1. The molecule has 0 aliphatic rings. The second-order valence-corrected chi connectivity index (χ2v) is 4.43. The Balaban J connectivity index is 2.03. The van der Waals surface area contributed by atoms with Gasteiger partial charge in [-0.25, -0.2) is 5.43 Å². The molecular formula is C14H11F3N4O2. The van der Waals surface area contributed by atoms with Gasteiger partial charge < -0.3 is 4.57 Å². The molecule has 2 heterocycles. The van der Waals surface area contributed by atoms with Crippen LogP contribution >= 0.6 is 0 Å². The van der Waals surface area contributed by atoms with Gasteiger partial charge in [-0.05, 0) is 18.2 Å². The molecular weight excluding hydrogens is 313 g/mol. The van der Waals surface area contributed by atoms with E-state index in [1.54, 1.807) is 18.2 Å². The molecule has 0 unspecified atom stereocenters. The Kier molecular flexibility index (Phi) is 4.89. The number of halogens is 3. The Morgan fingerprint density at radius 2 is 2.09 bits per heavy atom. The van der Waals surface area contributed by atoms with Gasteiger partial charge in [0.15, 0.2) is 0 Å². The number of hydrazone groups is 1. The summed E-state index contributed by atoms with van der Waals surface area (Å²) in [6, 6.07) is 6.49. The molecule has 0 spiro atoms. The van der Waals surface area contributed by atoms with Gasteiger partial charge in [0, 0.05) is 18.5 Å². The fraction of sp³-hybridized carbons (Fsp3) is 0.143. The first-order valence-electron chi connectivity index (χ1n) is 6.37. The summed E-state index contributed by atoms with van der Waals surface area (Å²) >= 11 is 0. The third-order valence-electron chi connectivity index (χ3n) is 2.70. The molecule has 2 rings (SSSR count). The summed E-state index contributed by atoms with van der Waals surface area (Å²) in [6.45, 7) is -0.581. The maximum absolute atomic E-state index is 12.6. The third-order valence-corrected chi connectivity index (χ3v) is 2.70.